The molecule has 8 fully saturated rings. The number of hydrogen-bond acceptors (Lipinski definition) is 6. The molecule has 10 atom stereocenters. The SMILES string of the molecule is C=C1C(=O)[C@]23[C@@H]4O[C@@H]5O[C@@]2(O)[C@H](O)[C@H]2C(C)(C)CC[C@@H](O)[C@@]52[C@H]3CCC14. The van der Waals surface area contributed by atoms with Crippen molar-refractivity contribution in [2.45, 2.75) is 69.9 Å². The minimum absolute atomic E-state index is 0.133. The van der Waals surface area contributed by atoms with Gasteiger partial charge in [0.2, 0.25) is 5.79 Å². The van der Waals surface area contributed by atoms with E-state index in [0.29, 0.717) is 18.4 Å². The van der Waals surface area contributed by atoms with Gasteiger partial charge in [-0.25, -0.2) is 0 Å². The zero-order valence-electron chi connectivity index (χ0n) is 15.1. The van der Waals surface area contributed by atoms with Crippen molar-refractivity contribution in [1.29, 1.82) is 0 Å². The second kappa shape index (κ2) is 4.13. The smallest absolute Gasteiger partial charge is 0.211 e. The molecule has 142 valence electrons. The van der Waals surface area contributed by atoms with Gasteiger partial charge in [-0.1, -0.05) is 20.4 Å². The molecule has 4 heterocycles. The largest absolute Gasteiger partial charge is 0.392 e. The van der Waals surface area contributed by atoms with Crippen LogP contribution in [0.15, 0.2) is 12.2 Å². The van der Waals surface area contributed by atoms with Gasteiger partial charge < -0.3 is 24.8 Å². The summed E-state index contributed by atoms with van der Waals surface area (Å²) in [6, 6.07) is 0. The molecule has 0 aromatic carbocycles. The Hall–Kier alpha value is -0.790. The molecule has 0 aromatic rings. The highest BCUT2D eigenvalue weighted by Gasteiger charge is 2.92. The lowest BCUT2D eigenvalue weighted by molar-refractivity contribution is -0.556. The lowest BCUT2D eigenvalue weighted by Gasteiger charge is -2.79. The Morgan fingerprint density at radius 2 is 1.92 bits per heavy atom. The summed E-state index contributed by atoms with van der Waals surface area (Å²) in [7, 11) is 0. The van der Waals surface area contributed by atoms with Gasteiger partial charge in [-0.15, -0.1) is 0 Å². The molecule has 4 aliphatic heterocycles. The van der Waals surface area contributed by atoms with E-state index in [2.05, 4.69) is 20.4 Å². The molecule has 0 radical (unpaired) electrons. The Bertz CT molecular complexity index is 761. The van der Waals surface area contributed by atoms with Crippen molar-refractivity contribution in [2.75, 3.05) is 0 Å². The Labute approximate surface area is 152 Å². The molecule has 2 spiro atoms. The topological polar surface area (TPSA) is 96.2 Å². The predicted octanol–water partition coefficient (Wildman–Crippen LogP) is 0.740. The molecule has 7 bridgehead atoms. The van der Waals surface area contributed by atoms with Crippen molar-refractivity contribution < 1.29 is 29.6 Å². The molecule has 4 saturated carbocycles. The number of aliphatic hydroxyl groups is 3. The maximum atomic E-state index is 13.4. The van der Waals surface area contributed by atoms with Crippen molar-refractivity contribution in [3.8, 4) is 0 Å². The number of aliphatic hydroxyl groups excluding tert-OH is 2. The fourth-order valence-corrected chi connectivity index (χ4v) is 8.38. The third kappa shape index (κ3) is 1.19. The Balaban J connectivity index is 1.70. The van der Waals surface area contributed by atoms with Crippen molar-refractivity contribution in [2.24, 2.45) is 34.0 Å². The monoisotopic (exact) mass is 362 g/mol. The summed E-state index contributed by atoms with van der Waals surface area (Å²) < 4.78 is 12.3. The van der Waals surface area contributed by atoms with Crippen LogP contribution in [0.3, 0.4) is 0 Å². The second-order valence-electron chi connectivity index (χ2n) is 10.1. The number of Topliss-reactive ketones (excluding diaryl/α,β-unsaturated/α-hetero) is 1. The van der Waals surface area contributed by atoms with Crippen LogP contribution < -0.4 is 0 Å². The third-order valence-corrected chi connectivity index (χ3v) is 9.14. The van der Waals surface area contributed by atoms with E-state index in [-0.39, 0.29) is 23.0 Å². The van der Waals surface area contributed by atoms with E-state index in [4.69, 9.17) is 9.47 Å². The van der Waals surface area contributed by atoms with Gasteiger partial charge in [0, 0.05) is 11.8 Å². The first-order valence-electron chi connectivity index (χ1n) is 9.80. The van der Waals surface area contributed by atoms with E-state index in [0.717, 1.165) is 12.8 Å². The molecule has 4 saturated heterocycles. The molecule has 8 aliphatic rings. The summed E-state index contributed by atoms with van der Waals surface area (Å²) in [6.07, 6.45) is -0.473. The lowest BCUT2D eigenvalue weighted by Crippen LogP contribution is -2.91. The third-order valence-electron chi connectivity index (χ3n) is 9.14. The first kappa shape index (κ1) is 16.2. The fourth-order valence-electron chi connectivity index (χ4n) is 8.38. The molecule has 1 unspecified atom stereocenters. The standard InChI is InChI=1S/C20H26O6/c1-8-9-4-5-10-18-11(21)6-7-17(2,3)12(18)14(23)20(24)19(10,13(8)22)15(9)25-16(18)26-20/h9-12,14-16,21,23-24H,1,4-7H2,2-3H3/t9?,10-,11-,12+,14-,15-,16-,18-,19-,20+/m1/s1. The highest BCUT2D eigenvalue weighted by atomic mass is 16.8. The van der Waals surface area contributed by atoms with Gasteiger partial charge in [-0.2, -0.15) is 0 Å². The first-order valence-corrected chi connectivity index (χ1v) is 9.80. The molecular weight excluding hydrogens is 336 g/mol. The highest BCUT2D eigenvalue weighted by molar-refractivity contribution is 6.05. The van der Waals surface area contributed by atoms with Gasteiger partial charge in [-0.05, 0) is 42.6 Å². The Kier molecular flexibility index (Phi) is 2.57. The molecule has 26 heavy (non-hydrogen) atoms. The zero-order valence-corrected chi connectivity index (χ0v) is 15.1. The average molecular weight is 362 g/mol. The first-order chi connectivity index (χ1) is 12.1. The molecule has 0 aromatic heterocycles. The number of ketones is 1. The van der Waals surface area contributed by atoms with Gasteiger partial charge in [0.1, 0.15) is 11.5 Å². The summed E-state index contributed by atoms with van der Waals surface area (Å²) in [5.41, 5.74) is -2.03. The lowest BCUT2D eigenvalue weighted by atomic mass is 9.34. The summed E-state index contributed by atoms with van der Waals surface area (Å²) in [6.45, 7) is 8.14. The maximum absolute atomic E-state index is 13.4. The van der Waals surface area contributed by atoms with Crippen molar-refractivity contribution in [3.05, 3.63) is 12.2 Å². The van der Waals surface area contributed by atoms with Crippen LogP contribution in [-0.4, -0.2) is 51.5 Å². The van der Waals surface area contributed by atoms with Crippen LogP contribution in [0.1, 0.15) is 39.5 Å². The van der Waals surface area contributed by atoms with Crippen molar-refractivity contribution in [1.82, 2.24) is 0 Å². The number of carbonyl (C=O) groups is 1. The van der Waals surface area contributed by atoms with Crippen LogP contribution in [0.25, 0.3) is 0 Å². The number of rotatable bonds is 0. The van der Waals surface area contributed by atoms with Crippen LogP contribution in [0, 0.1) is 34.0 Å². The van der Waals surface area contributed by atoms with E-state index in [1.807, 2.05) is 0 Å². The maximum Gasteiger partial charge on any atom is 0.211 e. The van der Waals surface area contributed by atoms with Crippen LogP contribution in [0.5, 0.6) is 0 Å². The van der Waals surface area contributed by atoms with E-state index in [1.54, 1.807) is 0 Å². The Morgan fingerprint density at radius 1 is 1.19 bits per heavy atom. The summed E-state index contributed by atoms with van der Waals surface area (Å²) in [5.74, 6) is -2.99. The molecule has 6 heteroatoms. The molecule has 4 aliphatic carbocycles. The predicted molar refractivity (Wildman–Crippen MR) is 88.4 cm³/mol. The van der Waals surface area contributed by atoms with Crippen molar-refractivity contribution in [3.63, 3.8) is 0 Å². The Morgan fingerprint density at radius 3 is 2.65 bits per heavy atom. The number of hydrogen-bond donors (Lipinski definition) is 3. The van der Waals surface area contributed by atoms with Crippen molar-refractivity contribution >= 4 is 5.78 Å². The van der Waals surface area contributed by atoms with Gasteiger partial charge in [0.25, 0.3) is 0 Å². The van der Waals surface area contributed by atoms with E-state index < -0.39 is 47.1 Å². The molecule has 3 N–H and O–H groups in total. The minimum Gasteiger partial charge on any atom is -0.392 e. The minimum atomic E-state index is -1.97. The number of ether oxygens (including phenoxy) is 2. The summed E-state index contributed by atoms with van der Waals surface area (Å²) >= 11 is 0. The summed E-state index contributed by atoms with van der Waals surface area (Å²) in [5, 5.41) is 34.3. The zero-order chi connectivity index (χ0) is 18.4. The van der Waals surface area contributed by atoms with E-state index in [9.17, 15) is 20.1 Å². The van der Waals surface area contributed by atoms with Crippen LogP contribution in [0.4, 0.5) is 0 Å². The van der Waals surface area contributed by atoms with Crippen LogP contribution in [0.2, 0.25) is 0 Å². The van der Waals surface area contributed by atoms with Gasteiger partial charge in [0.15, 0.2) is 12.1 Å². The quantitative estimate of drug-likeness (QED) is 0.550. The second-order valence-corrected chi connectivity index (χ2v) is 10.1. The molecular formula is C20H26O6. The van der Waals surface area contributed by atoms with Gasteiger partial charge >= 0.3 is 0 Å². The average Bonchev–Trinajstić information content (AvgIpc) is 2.71. The molecule has 0 amide bonds. The highest BCUT2D eigenvalue weighted by Crippen LogP contribution is 2.81. The van der Waals surface area contributed by atoms with Gasteiger partial charge in [0.05, 0.1) is 17.6 Å². The number of carbonyl (C=O) groups excluding carboxylic acids is 1. The van der Waals surface area contributed by atoms with Gasteiger partial charge in [-0.3, -0.25) is 4.79 Å². The van der Waals surface area contributed by atoms with E-state index >= 15 is 0 Å². The summed E-state index contributed by atoms with van der Waals surface area (Å²) in [4.78, 5) is 13.4. The van der Waals surface area contributed by atoms with Crippen LogP contribution in [-0.2, 0) is 14.3 Å². The fraction of sp³-hybridized carbons (Fsp3) is 0.850. The van der Waals surface area contributed by atoms with Crippen LogP contribution >= 0.6 is 0 Å². The van der Waals surface area contributed by atoms with E-state index in [1.165, 1.54) is 0 Å². The molecule has 8 rings (SSSR count). The molecule has 6 nitrogen and oxygen atoms in total. The normalized spacial score (nSPS) is 64.0.